The second kappa shape index (κ2) is 7.82. The summed E-state index contributed by atoms with van der Waals surface area (Å²) >= 11 is 6.91. The number of aromatic nitrogens is 1. The average molecular weight is 516 g/mol. The molecule has 29 heavy (non-hydrogen) atoms. The van der Waals surface area contributed by atoms with E-state index in [1.165, 1.54) is 11.1 Å². The molecule has 7 heteroatoms. The molecule has 0 bridgehead atoms. The van der Waals surface area contributed by atoms with Crippen LogP contribution in [0.3, 0.4) is 0 Å². The van der Waals surface area contributed by atoms with E-state index in [0.29, 0.717) is 16.8 Å². The van der Waals surface area contributed by atoms with Gasteiger partial charge in [0.1, 0.15) is 0 Å². The SMILES string of the molecule is O=C(CC1(O)C(=O)N(Cc2ccccc2Br)c2ccc(Br)cc21)c1cccnc1. The topological polar surface area (TPSA) is 70.5 Å². The summed E-state index contributed by atoms with van der Waals surface area (Å²) in [6.07, 6.45) is 2.65. The first-order valence-corrected chi connectivity index (χ1v) is 10.5. The van der Waals surface area contributed by atoms with E-state index >= 15 is 0 Å². The van der Waals surface area contributed by atoms with Crippen molar-refractivity contribution in [3.8, 4) is 0 Å². The predicted molar refractivity (Wildman–Crippen MR) is 117 cm³/mol. The third-order valence-corrected chi connectivity index (χ3v) is 6.25. The summed E-state index contributed by atoms with van der Waals surface area (Å²) in [6, 6.07) is 16.2. The van der Waals surface area contributed by atoms with Crippen LogP contribution in [0, 0.1) is 0 Å². The average Bonchev–Trinajstić information content (AvgIpc) is 2.92. The van der Waals surface area contributed by atoms with E-state index in [0.717, 1.165) is 14.5 Å². The number of hydrogen-bond donors (Lipinski definition) is 1. The quantitative estimate of drug-likeness (QED) is 0.503. The maximum absolute atomic E-state index is 13.4. The molecule has 1 amide bonds. The second-order valence-corrected chi connectivity index (χ2v) is 8.62. The van der Waals surface area contributed by atoms with E-state index in [9.17, 15) is 14.7 Å². The Morgan fingerprint density at radius 2 is 1.90 bits per heavy atom. The molecule has 0 saturated carbocycles. The van der Waals surface area contributed by atoms with Crippen LogP contribution in [-0.2, 0) is 16.9 Å². The fourth-order valence-electron chi connectivity index (χ4n) is 3.51. The van der Waals surface area contributed by atoms with E-state index < -0.39 is 11.5 Å². The lowest BCUT2D eigenvalue weighted by molar-refractivity contribution is -0.136. The van der Waals surface area contributed by atoms with Crippen LogP contribution < -0.4 is 4.90 Å². The smallest absolute Gasteiger partial charge is 0.264 e. The van der Waals surface area contributed by atoms with Gasteiger partial charge < -0.3 is 10.0 Å². The number of anilines is 1. The van der Waals surface area contributed by atoms with Crippen LogP contribution in [0.25, 0.3) is 0 Å². The van der Waals surface area contributed by atoms with Gasteiger partial charge in [-0.25, -0.2) is 0 Å². The predicted octanol–water partition coefficient (Wildman–Crippen LogP) is 4.61. The number of aliphatic hydroxyl groups is 1. The Kier molecular flexibility index (Phi) is 5.38. The maximum Gasteiger partial charge on any atom is 0.264 e. The molecule has 0 spiro atoms. The molecule has 1 aliphatic heterocycles. The molecule has 4 rings (SSSR count). The first-order chi connectivity index (χ1) is 13.9. The molecule has 0 aliphatic carbocycles. The molecular weight excluding hydrogens is 500 g/mol. The standard InChI is InChI=1S/C22H16Br2N2O3/c23-16-7-8-19-17(10-16)22(29,11-20(27)14-5-3-9-25-12-14)21(28)26(19)13-15-4-1-2-6-18(15)24/h1-10,12,29H,11,13H2. The van der Waals surface area contributed by atoms with Crippen LogP contribution in [-0.4, -0.2) is 21.8 Å². The molecular formula is C22H16Br2N2O3. The number of nitrogens with zero attached hydrogens (tertiary/aromatic N) is 2. The number of amides is 1. The van der Waals surface area contributed by atoms with Gasteiger partial charge in [-0.3, -0.25) is 14.6 Å². The number of fused-ring (bicyclic) bond motifs is 1. The number of rotatable bonds is 5. The molecule has 0 fully saturated rings. The lowest BCUT2D eigenvalue weighted by Crippen LogP contribution is -2.41. The Bertz CT molecular complexity index is 1100. The molecule has 5 nitrogen and oxygen atoms in total. The van der Waals surface area contributed by atoms with Gasteiger partial charge in [-0.15, -0.1) is 0 Å². The van der Waals surface area contributed by atoms with Gasteiger partial charge in [0, 0.05) is 32.5 Å². The normalized spacial score (nSPS) is 18.0. The number of Topliss-reactive ketones (excluding diaryl/α,β-unsaturated/α-hetero) is 1. The molecule has 2 heterocycles. The number of benzene rings is 2. The molecule has 1 aromatic heterocycles. The van der Waals surface area contributed by atoms with Crippen LogP contribution >= 0.6 is 31.9 Å². The monoisotopic (exact) mass is 514 g/mol. The Labute approximate surface area is 184 Å². The van der Waals surface area contributed by atoms with Gasteiger partial charge >= 0.3 is 0 Å². The third kappa shape index (κ3) is 3.66. The lowest BCUT2D eigenvalue weighted by atomic mass is 9.88. The number of ketones is 1. The summed E-state index contributed by atoms with van der Waals surface area (Å²) in [4.78, 5) is 31.6. The summed E-state index contributed by atoms with van der Waals surface area (Å²) in [5, 5.41) is 11.4. The van der Waals surface area contributed by atoms with Crippen LogP contribution in [0.2, 0.25) is 0 Å². The minimum Gasteiger partial charge on any atom is -0.375 e. The first kappa shape index (κ1) is 19.9. The van der Waals surface area contributed by atoms with Crippen molar-refractivity contribution in [2.45, 2.75) is 18.6 Å². The molecule has 1 N–H and O–H groups in total. The number of pyridine rings is 1. The highest BCUT2D eigenvalue weighted by Gasteiger charge is 2.51. The molecule has 0 radical (unpaired) electrons. The van der Waals surface area contributed by atoms with Gasteiger partial charge in [0.2, 0.25) is 0 Å². The van der Waals surface area contributed by atoms with Gasteiger partial charge in [-0.2, -0.15) is 0 Å². The summed E-state index contributed by atoms with van der Waals surface area (Å²) in [6.45, 7) is 0.276. The second-order valence-electron chi connectivity index (χ2n) is 6.85. The highest BCUT2D eigenvalue weighted by atomic mass is 79.9. The number of halogens is 2. The zero-order chi connectivity index (χ0) is 20.6. The van der Waals surface area contributed by atoms with Crippen molar-refractivity contribution < 1.29 is 14.7 Å². The summed E-state index contributed by atoms with van der Waals surface area (Å²) in [5.41, 5.74) is 0.330. The zero-order valence-electron chi connectivity index (χ0n) is 15.2. The highest BCUT2D eigenvalue weighted by molar-refractivity contribution is 9.10. The molecule has 1 aliphatic rings. The fraction of sp³-hybridized carbons (Fsp3) is 0.136. The van der Waals surface area contributed by atoms with Gasteiger partial charge in [-0.05, 0) is 42.0 Å². The number of hydrogen-bond acceptors (Lipinski definition) is 4. The zero-order valence-corrected chi connectivity index (χ0v) is 18.4. The van der Waals surface area contributed by atoms with E-state index in [4.69, 9.17) is 0 Å². The van der Waals surface area contributed by atoms with E-state index in [1.54, 1.807) is 30.5 Å². The largest absolute Gasteiger partial charge is 0.375 e. The van der Waals surface area contributed by atoms with Crippen molar-refractivity contribution in [3.05, 3.63) is 92.6 Å². The van der Waals surface area contributed by atoms with Gasteiger partial charge in [0.25, 0.3) is 5.91 Å². The summed E-state index contributed by atoms with van der Waals surface area (Å²) in [5.74, 6) is -0.860. The fourth-order valence-corrected chi connectivity index (χ4v) is 4.28. The van der Waals surface area contributed by atoms with Crippen LogP contribution in [0.5, 0.6) is 0 Å². The first-order valence-electron chi connectivity index (χ1n) is 8.91. The van der Waals surface area contributed by atoms with Crippen molar-refractivity contribution in [1.82, 2.24) is 4.98 Å². The van der Waals surface area contributed by atoms with Crippen molar-refractivity contribution in [2.75, 3.05) is 4.90 Å². The van der Waals surface area contributed by atoms with Gasteiger partial charge in [0.05, 0.1) is 18.7 Å². The summed E-state index contributed by atoms with van der Waals surface area (Å²) < 4.78 is 1.59. The third-order valence-electron chi connectivity index (χ3n) is 4.98. The van der Waals surface area contributed by atoms with E-state index in [-0.39, 0.29) is 18.7 Å². The van der Waals surface area contributed by atoms with Crippen LogP contribution in [0.1, 0.15) is 27.9 Å². The van der Waals surface area contributed by atoms with Gasteiger partial charge in [0.15, 0.2) is 11.4 Å². The Hall–Kier alpha value is -2.35. The van der Waals surface area contributed by atoms with Crippen molar-refractivity contribution in [3.63, 3.8) is 0 Å². The van der Waals surface area contributed by atoms with Gasteiger partial charge in [-0.1, -0.05) is 50.1 Å². The van der Waals surface area contributed by atoms with Crippen LogP contribution in [0.4, 0.5) is 5.69 Å². The van der Waals surface area contributed by atoms with E-state index in [1.807, 2.05) is 30.3 Å². The summed E-state index contributed by atoms with van der Waals surface area (Å²) in [7, 11) is 0. The highest BCUT2D eigenvalue weighted by Crippen LogP contribution is 2.45. The number of carbonyl (C=O) groups is 2. The molecule has 1 unspecified atom stereocenters. The Morgan fingerprint density at radius 1 is 1.10 bits per heavy atom. The van der Waals surface area contributed by atoms with E-state index in [2.05, 4.69) is 36.8 Å². The molecule has 2 aromatic carbocycles. The lowest BCUT2D eigenvalue weighted by Gasteiger charge is -2.23. The minimum atomic E-state index is -1.94. The molecule has 146 valence electrons. The molecule has 3 aromatic rings. The number of carbonyl (C=O) groups excluding carboxylic acids is 2. The van der Waals surface area contributed by atoms with Crippen molar-refractivity contribution in [2.24, 2.45) is 0 Å². The maximum atomic E-state index is 13.4. The minimum absolute atomic E-state index is 0.276. The Morgan fingerprint density at radius 3 is 2.62 bits per heavy atom. The van der Waals surface area contributed by atoms with Crippen molar-refractivity contribution >= 4 is 49.2 Å². The molecule has 1 atom stereocenters. The Balaban J connectivity index is 1.73. The van der Waals surface area contributed by atoms with Crippen molar-refractivity contribution in [1.29, 1.82) is 0 Å². The molecule has 0 saturated heterocycles. The van der Waals surface area contributed by atoms with Crippen LogP contribution in [0.15, 0.2) is 75.9 Å².